The third kappa shape index (κ3) is 7.33. The Bertz CT molecular complexity index is 1380. The second kappa shape index (κ2) is 13.0. The van der Waals surface area contributed by atoms with Gasteiger partial charge in [0.2, 0.25) is 22.9 Å². The number of nitrogens with two attached hydrogens (primary N) is 1. The summed E-state index contributed by atoms with van der Waals surface area (Å²) < 4.78 is 6.44. The number of anilines is 1. The molecule has 0 unspecified atom stereocenters. The van der Waals surface area contributed by atoms with Gasteiger partial charge in [-0.25, -0.2) is 9.48 Å². The van der Waals surface area contributed by atoms with Gasteiger partial charge in [0, 0.05) is 36.2 Å². The summed E-state index contributed by atoms with van der Waals surface area (Å²) in [5, 5.41) is 34.5. The molecular formula is C23H26N8O8S2. The zero-order valence-corrected chi connectivity index (χ0v) is 23.2. The number of thioether (sulfide) groups is 2. The summed E-state index contributed by atoms with van der Waals surface area (Å²) in [6.07, 6.45) is -1.66. The fraction of sp³-hybridized carbons (Fsp3) is 0.391. The molecule has 1 aromatic carbocycles. The van der Waals surface area contributed by atoms with E-state index in [2.05, 4.69) is 26.2 Å². The van der Waals surface area contributed by atoms with Crippen molar-refractivity contribution in [3.05, 3.63) is 41.3 Å². The molecule has 2 aliphatic rings. The maximum absolute atomic E-state index is 13.0. The van der Waals surface area contributed by atoms with Crippen LogP contribution >= 0.6 is 23.5 Å². The zero-order chi connectivity index (χ0) is 29.7. The van der Waals surface area contributed by atoms with Crippen LogP contribution in [0.5, 0.6) is 0 Å². The van der Waals surface area contributed by atoms with Crippen LogP contribution in [-0.2, 0) is 37.4 Å². The van der Waals surface area contributed by atoms with Crippen LogP contribution in [0.15, 0.2) is 40.9 Å². The van der Waals surface area contributed by atoms with Crippen molar-refractivity contribution in [2.24, 2.45) is 12.8 Å². The van der Waals surface area contributed by atoms with Gasteiger partial charge < -0.3 is 31.3 Å². The maximum atomic E-state index is 13.0. The molecule has 0 spiro atoms. The molecule has 41 heavy (non-hydrogen) atoms. The third-order valence-electron chi connectivity index (χ3n) is 6.05. The highest BCUT2D eigenvalue weighted by Gasteiger charge is 2.54. The summed E-state index contributed by atoms with van der Waals surface area (Å²) in [7, 11) is 1.67. The van der Waals surface area contributed by atoms with Crippen LogP contribution in [0.3, 0.4) is 0 Å². The first-order valence-electron chi connectivity index (χ1n) is 12.1. The third-order valence-corrected chi connectivity index (χ3v) is 8.49. The highest BCUT2D eigenvalue weighted by Crippen LogP contribution is 2.41. The monoisotopic (exact) mass is 606 g/mol. The van der Waals surface area contributed by atoms with Gasteiger partial charge in [0.15, 0.2) is 0 Å². The number of carboxylic acid groups (broad SMARTS) is 2. The van der Waals surface area contributed by atoms with Crippen LogP contribution < -0.4 is 16.4 Å². The van der Waals surface area contributed by atoms with E-state index < -0.39 is 47.3 Å². The molecule has 16 nitrogen and oxygen atoms in total. The summed E-state index contributed by atoms with van der Waals surface area (Å²) >= 11 is 2.64. The molecular weight excluding hydrogens is 580 g/mol. The van der Waals surface area contributed by atoms with Gasteiger partial charge in [-0.1, -0.05) is 23.9 Å². The Morgan fingerprint density at radius 1 is 1.22 bits per heavy atom. The molecule has 0 saturated carbocycles. The lowest BCUT2D eigenvalue weighted by Crippen LogP contribution is -2.70. The number of aryl methyl sites for hydroxylation is 1. The van der Waals surface area contributed by atoms with Gasteiger partial charge in [0.1, 0.15) is 17.5 Å². The summed E-state index contributed by atoms with van der Waals surface area (Å²) in [5.74, 6) is -1.87. The van der Waals surface area contributed by atoms with E-state index in [4.69, 9.17) is 15.6 Å². The molecule has 0 aliphatic carbocycles. The number of tetrazole rings is 1. The number of hydrogen-bond donors (Lipinski definition) is 5. The fourth-order valence-corrected chi connectivity index (χ4v) is 6.25. The molecule has 18 heteroatoms. The van der Waals surface area contributed by atoms with E-state index in [1.54, 1.807) is 31.3 Å². The summed E-state index contributed by atoms with van der Waals surface area (Å²) in [6, 6.07) is 4.50. The molecule has 3 amide bonds. The van der Waals surface area contributed by atoms with Crippen LogP contribution in [-0.4, -0.2) is 94.1 Å². The topological polar surface area (TPSA) is 232 Å². The predicted molar refractivity (Wildman–Crippen MR) is 144 cm³/mol. The van der Waals surface area contributed by atoms with E-state index in [-0.39, 0.29) is 25.1 Å². The van der Waals surface area contributed by atoms with E-state index in [1.165, 1.54) is 33.1 Å². The number of carbonyl (C=O) groups is 5. The number of aliphatic carboxylic acids is 1. The quantitative estimate of drug-likeness (QED) is 0.121. The standard InChI is InChI=1S/C23H26N8O8S2/c1-30-22(27-28-29-30)41-10-12-9-40-20-17(18(34)31(20)19(12)39-23(37)38)26-16(33)8-11-2-4-13(5-3-11)25-15(32)7-6-14(24)21(35)36/h2-5,14,17,20H,6-10,24H2,1H3,(H,25,32)(H,26,33)(H,35,36)(H,37,38)/t14-,17-,20+/m1/s1. The van der Waals surface area contributed by atoms with Crippen molar-refractivity contribution >= 4 is 59.1 Å². The molecule has 6 N–H and O–H groups in total. The second-order valence-electron chi connectivity index (χ2n) is 9.01. The second-order valence-corrected chi connectivity index (χ2v) is 11.1. The van der Waals surface area contributed by atoms with Crippen molar-refractivity contribution in [2.75, 3.05) is 16.8 Å². The molecule has 3 atom stereocenters. The molecule has 4 rings (SSSR count). The lowest BCUT2D eigenvalue weighted by Gasteiger charge is -2.49. The first-order chi connectivity index (χ1) is 19.5. The van der Waals surface area contributed by atoms with Gasteiger partial charge in [-0.3, -0.25) is 24.1 Å². The molecule has 1 fully saturated rings. The Kier molecular flexibility index (Phi) is 9.46. The maximum Gasteiger partial charge on any atom is 0.512 e. The SMILES string of the molecule is Cn1nnnc1SCC1=C(OC(=O)O)N2C(=O)[C@@H](NC(=O)Cc3ccc(NC(=O)CC[C@@H](N)C(=O)O)cc3)[C@@H]2SC1. The van der Waals surface area contributed by atoms with Gasteiger partial charge in [0.05, 0.1) is 6.42 Å². The number of benzene rings is 1. The minimum absolute atomic E-state index is 0.00347. The summed E-state index contributed by atoms with van der Waals surface area (Å²) in [5.41, 5.74) is 7.07. The smallest absolute Gasteiger partial charge is 0.480 e. The van der Waals surface area contributed by atoms with Gasteiger partial charge in [-0.2, -0.15) is 0 Å². The van der Waals surface area contributed by atoms with E-state index in [0.717, 1.165) is 0 Å². The van der Waals surface area contributed by atoms with Crippen molar-refractivity contribution in [1.29, 1.82) is 0 Å². The Hall–Kier alpha value is -4.16. The predicted octanol–water partition coefficient (Wildman–Crippen LogP) is -0.0184. The van der Waals surface area contributed by atoms with Crippen molar-refractivity contribution in [3.8, 4) is 0 Å². The van der Waals surface area contributed by atoms with Crippen molar-refractivity contribution < 1.29 is 38.9 Å². The van der Waals surface area contributed by atoms with Crippen LogP contribution in [0.2, 0.25) is 0 Å². The van der Waals surface area contributed by atoms with Crippen LogP contribution in [0.25, 0.3) is 0 Å². The normalized spacial score (nSPS) is 18.7. The van der Waals surface area contributed by atoms with Gasteiger partial charge >= 0.3 is 12.1 Å². The van der Waals surface area contributed by atoms with Crippen molar-refractivity contribution in [3.63, 3.8) is 0 Å². The van der Waals surface area contributed by atoms with Crippen LogP contribution in [0, 0.1) is 0 Å². The first kappa shape index (κ1) is 29.8. The molecule has 2 aromatic rings. The lowest BCUT2D eigenvalue weighted by atomic mass is 10.1. The van der Waals surface area contributed by atoms with E-state index >= 15 is 0 Å². The van der Waals surface area contributed by atoms with E-state index in [0.29, 0.717) is 33.5 Å². The molecule has 218 valence electrons. The number of carbonyl (C=O) groups excluding carboxylic acids is 3. The molecule has 0 bridgehead atoms. The first-order valence-corrected chi connectivity index (χ1v) is 14.2. The molecule has 0 radical (unpaired) electrons. The number of nitrogens with zero attached hydrogens (tertiary/aromatic N) is 5. The fourth-order valence-electron chi connectivity index (χ4n) is 3.95. The van der Waals surface area contributed by atoms with Gasteiger partial charge in [-0.15, -0.1) is 16.9 Å². The van der Waals surface area contributed by atoms with E-state index in [1.807, 2.05) is 0 Å². The highest BCUT2D eigenvalue weighted by molar-refractivity contribution is 8.01. The Morgan fingerprint density at radius 2 is 1.95 bits per heavy atom. The van der Waals surface area contributed by atoms with Crippen LogP contribution in [0.1, 0.15) is 18.4 Å². The van der Waals surface area contributed by atoms with Crippen molar-refractivity contribution in [1.82, 2.24) is 30.4 Å². The van der Waals surface area contributed by atoms with E-state index in [9.17, 15) is 29.1 Å². The minimum atomic E-state index is -1.56. The molecule has 1 aromatic heterocycles. The Balaban J connectivity index is 1.31. The number of fused-ring (bicyclic) bond motifs is 1. The lowest BCUT2D eigenvalue weighted by molar-refractivity contribution is -0.149. The Morgan fingerprint density at radius 3 is 2.59 bits per heavy atom. The minimum Gasteiger partial charge on any atom is -0.480 e. The molecule has 2 aliphatic heterocycles. The summed E-state index contributed by atoms with van der Waals surface area (Å²) in [4.78, 5) is 61.0. The number of aromatic nitrogens is 4. The van der Waals surface area contributed by atoms with Gasteiger partial charge in [0.25, 0.3) is 5.91 Å². The average Bonchev–Trinajstić information content (AvgIpc) is 3.34. The largest absolute Gasteiger partial charge is 0.512 e. The number of rotatable bonds is 12. The highest BCUT2D eigenvalue weighted by atomic mass is 32.2. The summed E-state index contributed by atoms with van der Waals surface area (Å²) in [6.45, 7) is 0. The number of carboxylic acids is 1. The number of hydrogen-bond acceptors (Lipinski definition) is 12. The van der Waals surface area contributed by atoms with Gasteiger partial charge in [-0.05, 0) is 34.5 Å². The zero-order valence-electron chi connectivity index (χ0n) is 21.6. The Labute approximate surface area is 241 Å². The molecule has 1 saturated heterocycles. The van der Waals surface area contributed by atoms with Crippen LogP contribution in [0.4, 0.5) is 10.5 Å². The molecule has 3 heterocycles. The number of β-lactam (4-membered cyclic amide) rings is 1. The van der Waals surface area contributed by atoms with Crippen molar-refractivity contribution in [2.45, 2.75) is 41.9 Å². The number of nitrogens with one attached hydrogen (secondary N) is 2. The number of amides is 3. The average molecular weight is 607 g/mol. The number of ether oxygens (including phenoxy) is 1.